The highest BCUT2D eigenvalue weighted by Crippen LogP contribution is 2.38. The number of carbonyl (C=O) groups is 3. The first kappa shape index (κ1) is 37.0. The molecular weight excluding hydrogens is 670 g/mol. The number of hydrogen-bond acceptors (Lipinski definition) is 7. The van der Waals surface area contributed by atoms with Gasteiger partial charge in [-0.1, -0.05) is 13.8 Å². The molecule has 0 saturated heterocycles. The third kappa shape index (κ3) is 7.58. The lowest BCUT2D eigenvalue weighted by Gasteiger charge is -2.14. The summed E-state index contributed by atoms with van der Waals surface area (Å²) in [7, 11) is 1.39. The molecule has 53 heavy (non-hydrogen) atoms. The van der Waals surface area contributed by atoms with Crippen LogP contribution in [0.5, 0.6) is 0 Å². The van der Waals surface area contributed by atoms with Gasteiger partial charge in [0.1, 0.15) is 6.04 Å². The average molecular weight is 718 g/mol. The van der Waals surface area contributed by atoms with E-state index in [1.165, 1.54) is 30.1 Å². The van der Waals surface area contributed by atoms with Crippen molar-refractivity contribution in [3.8, 4) is 0 Å². The second-order valence-electron chi connectivity index (χ2n) is 13.7. The van der Waals surface area contributed by atoms with Crippen molar-refractivity contribution in [3.05, 3.63) is 87.5 Å². The van der Waals surface area contributed by atoms with Gasteiger partial charge in [-0.25, -0.2) is 19.7 Å². The quantitative estimate of drug-likeness (QED) is 0.0956. The standard InChI is InChI=1S/C41H47N7O5/c1-8-26-21(3)30-15-31-24(6)29(11-13-40(50)53-7)37(46-31)18-36-28(10-12-39(49)48-38(41(51)52)14-25-19-42-20-43-25)23(5)33(47-36)17-35-27(9-2)22(4)32(45-35)16-34(26)44-30/h15-20,38,44-45H,8-14H2,1-7H3,(H,42,43)(H,48,49)(H,51,52)/t38-/m0/s1. The number of fused-ring (bicyclic) bond motifs is 8. The number of hydrogen-bond donors (Lipinski definition) is 5. The fourth-order valence-corrected chi connectivity index (χ4v) is 7.41. The minimum atomic E-state index is -1.13. The summed E-state index contributed by atoms with van der Waals surface area (Å²) in [4.78, 5) is 62.0. The Morgan fingerprint density at radius 1 is 0.774 bits per heavy atom. The number of ether oxygens (including phenoxy) is 1. The Balaban J connectivity index is 1.51. The van der Waals surface area contributed by atoms with Crippen LogP contribution in [0.1, 0.15) is 104 Å². The maximum atomic E-state index is 13.3. The van der Waals surface area contributed by atoms with E-state index in [0.29, 0.717) is 29.9 Å². The SMILES string of the molecule is CCc1c(C)c2cc3[nH]c(cc4nc(cc5nc(cc1[nH]2)C(C)=C5CCC(=O)N[C@@H](Cc1cnc[nH]1)C(=O)O)C(CCC(=O)OC)=C4C)c(C)c3CC. The van der Waals surface area contributed by atoms with Gasteiger partial charge in [-0.2, -0.15) is 0 Å². The fourth-order valence-electron chi connectivity index (χ4n) is 7.41. The number of H-pyrrole nitrogens is 3. The third-order valence-corrected chi connectivity index (χ3v) is 10.5. The van der Waals surface area contributed by atoms with Gasteiger partial charge < -0.3 is 30.1 Å². The number of aromatic amines is 3. The molecule has 6 heterocycles. The van der Waals surface area contributed by atoms with Gasteiger partial charge in [0.15, 0.2) is 0 Å². The highest BCUT2D eigenvalue weighted by Gasteiger charge is 2.25. The Morgan fingerprint density at radius 3 is 1.85 bits per heavy atom. The third-order valence-electron chi connectivity index (χ3n) is 10.5. The van der Waals surface area contributed by atoms with Gasteiger partial charge in [0.25, 0.3) is 0 Å². The van der Waals surface area contributed by atoms with E-state index in [1.807, 2.05) is 19.9 Å². The van der Waals surface area contributed by atoms with Crippen LogP contribution in [0.25, 0.3) is 44.4 Å². The number of imidazole rings is 1. The highest BCUT2D eigenvalue weighted by molar-refractivity contribution is 5.97. The maximum Gasteiger partial charge on any atom is 0.326 e. The van der Waals surface area contributed by atoms with E-state index in [0.717, 1.165) is 74.2 Å². The van der Waals surface area contributed by atoms with Crippen LogP contribution in [0.15, 0.2) is 36.8 Å². The summed E-state index contributed by atoms with van der Waals surface area (Å²) < 4.78 is 4.98. The smallest absolute Gasteiger partial charge is 0.326 e. The monoisotopic (exact) mass is 717 g/mol. The van der Waals surface area contributed by atoms with Crippen LogP contribution in [-0.2, 0) is 38.4 Å². The van der Waals surface area contributed by atoms with Gasteiger partial charge in [-0.05, 0) is 122 Å². The maximum absolute atomic E-state index is 13.3. The first-order valence-electron chi connectivity index (χ1n) is 18.1. The lowest BCUT2D eigenvalue weighted by Crippen LogP contribution is -2.42. The molecule has 0 aliphatic carbocycles. The number of aromatic nitrogens is 6. The normalized spacial score (nSPS) is 13.4. The Labute approximate surface area is 308 Å². The zero-order valence-corrected chi connectivity index (χ0v) is 31.4. The van der Waals surface area contributed by atoms with Gasteiger partial charge in [0.05, 0.1) is 36.2 Å². The summed E-state index contributed by atoms with van der Waals surface area (Å²) >= 11 is 0. The number of nitrogens with one attached hydrogen (secondary N) is 4. The summed E-state index contributed by atoms with van der Waals surface area (Å²) in [6.07, 6.45) is 5.79. The highest BCUT2D eigenvalue weighted by atomic mass is 16.5. The van der Waals surface area contributed by atoms with Crippen LogP contribution >= 0.6 is 0 Å². The van der Waals surface area contributed by atoms with Crippen LogP contribution in [-0.4, -0.2) is 66.0 Å². The Hall–Kier alpha value is -5.78. The molecule has 6 rings (SSSR count). The van der Waals surface area contributed by atoms with E-state index >= 15 is 0 Å². The number of amides is 1. The predicted octanol–water partition coefficient (Wildman–Crippen LogP) is 7.19. The van der Waals surface area contributed by atoms with Gasteiger partial charge >= 0.3 is 11.9 Å². The van der Waals surface area contributed by atoms with E-state index in [4.69, 9.17) is 14.7 Å². The van der Waals surface area contributed by atoms with E-state index in [9.17, 15) is 19.5 Å². The molecule has 0 saturated carbocycles. The first-order chi connectivity index (χ1) is 25.4. The molecule has 0 aromatic carbocycles. The van der Waals surface area contributed by atoms with E-state index in [-0.39, 0.29) is 31.1 Å². The number of nitrogens with zero attached hydrogens (tertiary/aromatic N) is 3. The fraction of sp³-hybridized carbons (Fsp3) is 0.366. The second-order valence-corrected chi connectivity index (χ2v) is 13.7. The molecule has 8 bridgehead atoms. The Bertz CT molecular complexity index is 2330. The molecule has 1 amide bonds. The number of rotatable bonds is 12. The van der Waals surface area contributed by atoms with Gasteiger partial charge in [0.2, 0.25) is 5.91 Å². The van der Waals surface area contributed by atoms with E-state index in [1.54, 1.807) is 6.20 Å². The molecule has 4 aromatic rings. The largest absolute Gasteiger partial charge is 0.480 e. The summed E-state index contributed by atoms with van der Waals surface area (Å²) in [5.41, 5.74) is 16.0. The van der Waals surface area contributed by atoms with Crippen molar-refractivity contribution in [1.29, 1.82) is 0 Å². The number of aryl methyl sites for hydroxylation is 4. The average Bonchev–Trinajstić information content (AvgIpc) is 3.93. The molecular formula is C41H47N7O5. The number of methoxy groups -OCH3 is 1. The van der Waals surface area contributed by atoms with Gasteiger partial charge in [-0.15, -0.1) is 0 Å². The first-order valence-corrected chi connectivity index (χ1v) is 18.1. The van der Waals surface area contributed by atoms with Crippen molar-refractivity contribution in [3.63, 3.8) is 0 Å². The van der Waals surface area contributed by atoms with Crippen LogP contribution in [0.2, 0.25) is 0 Å². The number of allylic oxidation sites excluding steroid dienone is 4. The zero-order valence-electron chi connectivity index (χ0n) is 31.4. The van der Waals surface area contributed by atoms with Crippen molar-refractivity contribution < 1.29 is 24.2 Å². The molecule has 0 fully saturated rings. The zero-order chi connectivity index (χ0) is 38.0. The predicted molar refractivity (Wildman–Crippen MR) is 207 cm³/mol. The minimum absolute atomic E-state index is 0.0518. The lowest BCUT2D eigenvalue weighted by molar-refractivity contribution is -0.142. The Kier molecular flexibility index (Phi) is 10.8. The van der Waals surface area contributed by atoms with Crippen molar-refractivity contribution in [2.24, 2.45) is 0 Å². The molecule has 0 spiro atoms. The molecule has 0 radical (unpaired) electrons. The van der Waals surface area contributed by atoms with E-state index < -0.39 is 12.0 Å². The topological polar surface area (TPSA) is 179 Å². The van der Waals surface area contributed by atoms with Gasteiger partial charge in [0, 0.05) is 53.2 Å². The van der Waals surface area contributed by atoms with Crippen molar-refractivity contribution in [1.82, 2.24) is 35.2 Å². The van der Waals surface area contributed by atoms with Crippen LogP contribution < -0.4 is 5.32 Å². The van der Waals surface area contributed by atoms with Crippen molar-refractivity contribution >= 4 is 62.2 Å². The summed E-state index contributed by atoms with van der Waals surface area (Å²) in [5, 5.41) is 12.5. The molecule has 12 heteroatoms. The second kappa shape index (κ2) is 15.4. The van der Waals surface area contributed by atoms with Crippen LogP contribution in [0.3, 0.4) is 0 Å². The molecule has 1 atom stereocenters. The number of esters is 1. The van der Waals surface area contributed by atoms with E-state index in [2.05, 4.69) is 71.1 Å². The molecule has 2 aliphatic heterocycles. The molecule has 276 valence electrons. The summed E-state index contributed by atoms with van der Waals surface area (Å²) in [5.74, 6) is -1.82. The molecule has 12 nitrogen and oxygen atoms in total. The van der Waals surface area contributed by atoms with Crippen molar-refractivity contribution in [2.45, 2.75) is 92.5 Å². The number of carbonyl (C=O) groups excluding carboxylic acids is 2. The number of carboxylic acids is 1. The van der Waals surface area contributed by atoms with Crippen molar-refractivity contribution in [2.75, 3.05) is 7.11 Å². The lowest BCUT2D eigenvalue weighted by atomic mass is 9.98. The summed E-state index contributed by atoms with van der Waals surface area (Å²) in [6, 6.07) is 7.18. The molecule has 0 unspecified atom stereocenters. The summed E-state index contributed by atoms with van der Waals surface area (Å²) in [6.45, 7) is 12.6. The minimum Gasteiger partial charge on any atom is -0.480 e. The number of carboxylic acid groups (broad SMARTS) is 1. The molecule has 5 N–H and O–H groups in total. The van der Waals surface area contributed by atoms with Crippen LogP contribution in [0.4, 0.5) is 0 Å². The van der Waals surface area contributed by atoms with Gasteiger partial charge in [-0.3, -0.25) is 9.59 Å². The molecule has 2 aliphatic rings. The van der Waals surface area contributed by atoms with Crippen LogP contribution in [0, 0.1) is 13.8 Å². The molecule has 4 aromatic heterocycles. The number of aliphatic carboxylic acids is 1. The Morgan fingerprint density at radius 2 is 1.32 bits per heavy atom.